The normalized spacial score (nSPS) is 27.8. The fraction of sp³-hybridized carbons (Fsp3) is 0.792. The lowest BCUT2D eigenvalue weighted by atomic mass is 9.99. The van der Waals surface area contributed by atoms with E-state index < -0.39 is 49.5 Å². The van der Waals surface area contributed by atoms with E-state index in [1.165, 1.54) is 25.7 Å². The van der Waals surface area contributed by atoms with Gasteiger partial charge in [0.1, 0.15) is 24.4 Å². The summed E-state index contributed by atoms with van der Waals surface area (Å²) in [7, 11) is 0. The van der Waals surface area contributed by atoms with E-state index >= 15 is 0 Å². The van der Waals surface area contributed by atoms with Crippen LogP contribution < -0.4 is 5.32 Å². The summed E-state index contributed by atoms with van der Waals surface area (Å²) in [6.07, 6.45) is 7.50. The number of allylic oxidation sites excluding steroid dienone is 3. The minimum absolute atomic E-state index is 0.211. The van der Waals surface area contributed by atoms with Gasteiger partial charge in [-0.05, 0) is 25.7 Å². The van der Waals surface area contributed by atoms with E-state index in [4.69, 9.17) is 9.47 Å². The summed E-state index contributed by atoms with van der Waals surface area (Å²) in [6, 6.07) is -0.810. The number of nitrogens with one attached hydrogen (secondary N) is 1. The van der Waals surface area contributed by atoms with Gasteiger partial charge in [0.05, 0.1) is 25.4 Å². The zero-order chi connectivity index (χ0) is 24.6. The SMILES string of the molecule is CCCCCC/C=C/CC/C=C/C(O)C(COC1OC(CO)C(O)C(O)C1O)NC(=O)CC. The van der Waals surface area contributed by atoms with Crippen molar-refractivity contribution < 1.29 is 39.8 Å². The maximum Gasteiger partial charge on any atom is 0.220 e. The Hall–Kier alpha value is -1.33. The van der Waals surface area contributed by atoms with E-state index in [1.54, 1.807) is 13.0 Å². The number of ether oxygens (including phenoxy) is 2. The predicted molar refractivity (Wildman–Crippen MR) is 124 cm³/mol. The van der Waals surface area contributed by atoms with Gasteiger partial charge < -0.3 is 40.3 Å². The molecule has 1 saturated heterocycles. The van der Waals surface area contributed by atoms with Gasteiger partial charge in [0.25, 0.3) is 0 Å². The monoisotopic (exact) mass is 473 g/mol. The van der Waals surface area contributed by atoms with E-state index in [2.05, 4.69) is 24.4 Å². The summed E-state index contributed by atoms with van der Waals surface area (Å²) >= 11 is 0. The minimum atomic E-state index is -1.56. The number of hydrogen-bond acceptors (Lipinski definition) is 8. The number of carbonyl (C=O) groups is 1. The maximum atomic E-state index is 11.9. The van der Waals surface area contributed by atoms with Crippen LogP contribution in [-0.4, -0.2) is 87.5 Å². The Kier molecular flexibility index (Phi) is 15.4. The van der Waals surface area contributed by atoms with Crippen LogP contribution in [0.3, 0.4) is 0 Å². The van der Waals surface area contributed by atoms with Gasteiger partial charge >= 0.3 is 0 Å². The second-order valence-electron chi connectivity index (χ2n) is 8.38. The molecule has 9 nitrogen and oxygen atoms in total. The molecule has 33 heavy (non-hydrogen) atoms. The zero-order valence-corrected chi connectivity index (χ0v) is 19.9. The number of amides is 1. The van der Waals surface area contributed by atoms with Gasteiger partial charge in [0.15, 0.2) is 6.29 Å². The Balaban J connectivity index is 2.54. The van der Waals surface area contributed by atoms with E-state index in [1.807, 2.05) is 6.08 Å². The van der Waals surface area contributed by atoms with Crippen molar-refractivity contribution in [3.8, 4) is 0 Å². The zero-order valence-electron chi connectivity index (χ0n) is 19.9. The van der Waals surface area contributed by atoms with Crippen molar-refractivity contribution in [2.45, 2.75) is 108 Å². The fourth-order valence-corrected chi connectivity index (χ4v) is 3.42. The van der Waals surface area contributed by atoms with Crippen LogP contribution >= 0.6 is 0 Å². The average molecular weight is 474 g/mol. The van der Waals surface area contributed by atoms with E-state index in [9.17, 15) is 30.3 Å². The molecule has 1 fully saturated rings. The second-order valence-corrected chi connectivity index (χ2v) is 8.38. The van der Waals surface area contributed by atoms with Gasteiger partial charge in [-0.25, -0.2) is 0 Å². The van der Waals surface area contributed by atoms with E-state index in [0.29, 0.717) is 0 Å². The number of rotatable bonds is 16. The number of aliphatic hydroxyl groups is 5. The molecule has 1 amide bonds. The summed E-state index contributed by atoms with van der Waals surface area (Å²) < 4.78 is 10.8. The number of hydrogen-bond donors (Lipinski definition) is 6. The first-order valence-corrected chi connectivity index (χ1v) is 12.1. The summed E-state index contributed by atoms with van der Waals surface area (Å²) in [5.41, 5.74) is 0. The molecule has 7 atom stereocenters. The quantitative estimate of drug-likeness (QED) is 0.143. The molecule has 0 aromatic heterocycles. The highest BCUT2D eigenvalue weighted by molar-refractivity contribution is 5.75. The average Bonchev–Trinajstić information content (AvgIpc) is 2.82. The van der Waals surface area contributed by atoms with Crippen molar-refractivity contribution in [1.82, 2.24) is 5.32 Å². The summed E-state index contributed by atoms with van der Waals surface area (Å²) in [5, 5.41) is 52.3. The molecule has 192 valence electrons. The summed E-state index contributed by atoms with van der Waals surface area (Å²) in [5.74, 6) is -0.282. The molecule has 1 heterocycles. The van der Waals surface area contributed by atoms with Crippen molar-refractivity contribution in [3.63, 3.8) is 0 Å². The van der Waals surface area contributed by atoms with Crippen LogP contribution in [-0.2, 0) is 14.3 Å². The first-order valence-electron chi connectivity index (χ1n) is 12.1. The second kappa shape index (κ2) is 17.2. The highest BCUT2D eigenvalue weighted by atomic mass is 16.7. The molecule has 0 aromatic carbocycles. The van der Waals surface area contributed by atoms with Crippen LogP contribution in [0.5, 0.6) is 0 Å². The molecular weight excluding hydrogens is 430 g/mol. The molecule has 0 bridgehead atoms. The Morgan fingerprint density at radius 1 is 1.00 bits per heavy atom. The Morgan fingerprint density at radius 3 is 2.36 bits per heavy atom. The molecule has 0 aromatic rings. The summed E-state index contributed by atoms with van der Waals surface area (Å²) in [4.78, 5) is 11.9. The first kappa shape index (κ1) is 29.7. The lowest BCUT2D eigenvalue weighted by molar-refractivity contribution is -0.302. The van der Waals surface area contributed by atoms with Crippen LogP contribution in [0, 0.1) is 0 Å². The van der Waals surface area contributed by atoms with Crippen LogP contribution in [0.25, 0.3) is 0 Å². The van der Waals surface area contributed by atoms with Gasteiger partial charge in [0, 0.05) is 6.42 Å². The van der Waals surface area contributed by atoms with Crippen molar-refractivity contribution in [2.24, 2.45) is 0 Å². The molecule has 0 spiro atoms. The van der Waals surface area contributed by atoms with Gasteiger partial charge in [-0.3, -0.25) is 4.79 Å². The van der Waals surface area contributed by atoms with Crippen molar-refractivity contribution in [2.75, 3.05) is 13.2 Å². The highest BCUT2D eigenvalue weighted by Crippen LogP contribution is 2.22. The predicted octanol–water partition coefficient (Wildman–Crippen LogP) is 0.922. The molecule has 1 aliphatic heterocycles. The van der Waals surface area contributed by atoms with Crippen molar-refractivity contribution >= 4 is 5.91 Å². The lowest BCUT2D eigenvalue weighted by Gasteiger charge is -2.40. The van der Waals surface area contributed by atoms with E-state index in [-0.39, 0.29) is 18.9 Å². The van der Waals surface area contributed by atoms with Crippen molar-refractivity contribution in [1.29, 1.82) is 0 Å². The number of aliphatic hydroxyl groups excluding tert-OH is 5. The molecule has 6 N–H and O–H groups in total. The minimum Gasteiger partial charge on any atom is -0.394 e. The third-order valence-corrected chi connectivity index (χ3v) is 5.59. The number of unbranched alkanes of at least 4 members (excludes halogenated alkanes) is 5. The standard InChI is InChI=1S/C24H43NO8/c1-3-5-6-7-8-9-10-11-12-13-14-18(27)17(25-20(28)4-2)16-32-24-23(31)22(30)21(29)19(15-26)33-24/h9-10,13-14,17-19,21-24,26-27,29-31H,3-8,11-12,15-16H2,1-2H3,(H,25,28)/b10-9+,14-13+. The molecule has 1 rings (SSSR count). The van der Waals surface area contributed by atoms with Crippen LogP contribution in [0.4, 0.5) is 0 Å². The molecule has 0 radical (unpaired) electrons. The van der Waals surface area contributed by atoms with Gasteiger partial charge in [-0.1, -0.05) is 57.4 Å². The molecule has 0 aliphatic carbocycles. The van der Waals surface area contributed by atoms with Gasteiger partial charge in [0.2, 0.25) is 5.91 Å². The molecular formula is C24H43NO8. The van der Waals surface area contributed by atoms with Crippen molar-refractivity contribution in [3.05, 3.63) is 24.3 Å². The van der Waals surface area contributed by atoms with Gasteiger partial charge in [-0.15, -0.1) is 0 Å². The van der Waals surface area contributed by atoms with Crippen LogP contribution in [0.1, 0.15) is 65.2 Å². The first-order chi connectivity index (χ1) is 15.8. The molecule has 1 aliphatic rings. The molecule has 0 saturated carbocycles. The smallest absolute Gasteiger partial charge is 0.220 e. The molecule has 9 heteroatoms. The maximum absolute atomic E-state index is 11.9. The van der Waals surface area contributed by atoms with Crippen LogP contribution in [0.15, 0.2) is 24.3 Å². The van der Waals surface area contributed by atoms with Crippen LogP contribution in [0.2, 0.25) is 0 Å². The highest BCUT2D eigenvalue weighted by Gasteiger charge is 2.44. The topological polar surface area (TPSA) is 149 Å². The van der Waals surface area contributed by atoms with E-state index in [0.717, 1.165) is 19.3 Å². The fourth-order valence-electron chi connectivity index (χ4n) is 3.42. The molecule has 7 unspecified atom stereocenters. The Morgan fingerprint density at radius 2 is 1.70 bits per heavy atom. The number of carbonyl (C=O) groups excluding carboxylic acids is 1. The third-order valence-electron chi connectivity index (χ3n) is 5.59. The lowest BCUT2D eigenvalue weighted by Crippen LogP contribution is -2.60. The summed E-state index contributed by atoms with van der Waals surface area (Å²) in [6.45, 7) is 3.09. The largest absolute Gasteiger partial charge is 0.394 e. The third kappa shape index (κ3) is 11.1. The van der Waals surface area contributed by atoms with Gasteiger partial charge in [-0.2, -0.15) is 0 Å². The Bertz CT molecular complexity index is 583. The Labute approximate surface area is 197 Å².